The predicted molar refractivity (Wildman–Crippen MR) is 216 cm³/mol. The molecule has 9 nitrogen and oxygen atoms in total. The molecule has 1 aromatic heterocycles. The minimum atomic E-state index is -3.28. The molecule has 1 heterocycles. The van der Waals surface area contributed by atoms with Crippen molar-refractivity contribution in [3.8, 4) is 22.3 Å². The van der Waals surface area contributed by atoms with Crippen LogP contribution in [0.3, 0.4) is 0 Å². The van der Waals surface area contributed by atoms with Crippen LogP contribution >= 0.6 is 0 Å². The number of rotatable bonds is 15. The van der Waals surface area contributed by atoms with Crippen LogP contribution in [0.2, 0.25) is 18.1 Å². The molecule has 0 aliphatic carbocycles. The lowest BCUT2D eigenvalue weighted by molar-refractivity contribution is -0.142. The zero-order valence-corrected chi connectivity index (χ0v) is 34.6. The molecule has 0 spiro atoms. The van der Waals surface area contributed by atoms with Crippen molar-refractivity contribution in [2.75, 3.05) is 18.7 Å². The Morgan fingerprint density at radius 2 is 1.38 bits per heavy atom. The topological polar surface area (TPSA) is 121 Å². The van der Waals surface area contributed by atoms with Gasteiger partial charge in [0.25, 0.3) is 5.91 Å². The van der Waals surface area contributed by atoms with Crippen LogP contribution in [0, 0.1) is 11.6 Å². The van der Waals surface area contributed by atoms with Crippen LogP contribution in [-0.2, 0) is 34.3 Å². The molecule has 1 atom stereocenters. The molecule has 0 saturated heterocycles. The molecule has 0 radical (unpaired) electrons. The summed E-state index contributed by atoms with van der Waals surface area (Å²) in [7, 11) is -4.40. The highest BCUT2D eigenvalue weighted by Crippen LogP contribution is 2.43. The average Bonchev–Trinajstić information content (AvgIpc) is 3.43. The van der Waals surface area contributed by atoms with Crippen LogP contribution in [0.15, 0.2) is 78.9 Å². The van der Waals surface area contributed by atoms with Gasteiger partial charge >= 0.3 is 5.97 Å². The van der Waals surface area contributed by atoms with Crippen molar-refractivity contribution in [2.45, 2.75) is 83.5 Å². The lowest BCUT2D eigenvalue weighted by Gasteiger charge is -2.39. The number of hydrogen-bond acceptors (Lipinski definition) is 7. The van der Waals surface area contributed by atoms with E-state index in [-0.39, 0.29) is 41.2 Å². The van der Waals surface area contributed by atoms with Crippen molar-refractivity contribution in [3.05, 3.63) is 107 Å². The summed E-state index contributed by atoms with van der Waals surface area (Å²) in [6.07, 6.45) is 3.17. The SMILES string of the molecule is COC(=O)C[C@@H](CC(=O)C=Cc1c(-c2ccc(F)cc2)c(-c2ccc(F)cc2)c(C(=O)Nc2ccc(CS(C)(=O)=O)cc2)n1C(C)C)O[Si](C)(C)C(C)(C)C. The first-order valence-corrected chi connectivity index (χ1v) is 22.9. The fourth-order valence-electron chi connectivity index (χ4n) is 6.00. The number of esters is 1. The fourth-order valence-corrected chi connectivity index (χ4v) is 8.15. The monoisotopic (exact) mass is 792 g/mol. The van der Waals surface area contributed by atoms with Gasteiger partial charge < -0.3 is 19.0 Å². The number of nitrogens with zero attached hydrogens (tertiary/aromatic N) is 1. The molecule has 55 heavy (non-hydrogen) atoms. The van der Waals surface area contributed by atoms with Gasteiger partial charge in [0, 0.05) is 35.5 Å². The summed E-state index contributed by atoms with van der Waals surface area (Å²) in [5, 5.41) is 2.74. The van der Waals surface area contributed by atoms with E-state index >= 15 is 0 Å². The lowest BCUT2D eigenvalue weighted by atomic mass is 9.94. The number of anilines is 1. The molecule has 4 aromatic rings. The average molecular weight is 793 g/mol. The zero-order valence-electron chi connectivity index (χ0n) is 32.8. The van der Waals surface area contributed by atoms with Gasteiger partial charge in [-0.15, -0.1) is 0 Å². The molecule has 0 aliphatic heterocycles. The van der Waals surface area contributed by atoms with Crippen molar-refractivity contribution < 1.29 is 40.7 Å². The van der Waals surface area contributed by atoms with E-state index in [2.05, 4.69) is 26.1 Å². The summed E-state index contributed by atoms with van der Waals surface area (Å²) in [4.78, 5) is 40.7. The van der Waals surface area contributed by atoms with Crippen molar-refractivity contribution in [1.82, 2.24) is 4.57 Å². The van der Waals surface area contributed by atoms with Crippen molar-refractivity contribution in [3.63, 3.8) is 0 Å². The third-order valence-corrected chi connectivity index (χ3v) is 15.0. The largest absolute Gasteiger partial charge is 0.469 e. The highest BCUT2D eigenvalue weighted by atomic mass is 32.2. The zero-order chi connectivity index (χ0) is 40.9. The third-order valence-electron chi connectivity index (χ3n) is 9.63. The minimum Gasteiger partial charge on any atom is -0.469 e. The van der Waals surface area contributed by atoms with Crippen molar-refractivity contribution in [2.24, 2.45) is 0 Å². The summed E-state index contributed by atoms with van der Waals surface area (Å²) in [5.41, 5.74) is 3.56. The Kier molecular flexibility index (Phi) is 13.6. The molecular formula is C42H50F2N2O7SSi. The molecule has 1 amide bonds. The number of nitrogens with one attached hydrogen (secondary N) is 1. The Hall–Kier alpha value is -4.72. The van der Waals surface area contributed by atoms with E-state index in [4.69, 9.17) is 9.16 Å². The third kappa shape index (κ3) is 11.2. The first kappa shape index (κ1) is 43.0. The molecule has 0 unspecified atom stereocenters. The first-order chi connectivity index (χ1) is 25.6. The summed E-state index contributed by atoms with van der Waals surface area (Å²) in [6.45, 7) is 14.0. The number of ether oxygens (including phenoxy) is 1. The Bertz CT molecular complexity index is 2150. The van der Waals surface area contributed by atoms with Gasteiger partial charge in [-0.25, -0.2) is 17.2 Å². The van der Waals surface area contributed by atoms with E-state index in [0.29, 0.717) is 39.2 Å². The van der Waals surface area contributed by atoms with Crippen molar-refractivity contribution >= 4 is 47.6 Å². The smallest absolute Gasteiger partial charge is 0.308 e. The van der Waals surface area contributed by atoms with Gasteiger partial charge in [0.2, 0.25) is 0 Å². The van der Waals surface area contributed by atoms with E-state index in [1.165, 1.54) is 37.5 Å². The van der Waals surface area contributed by atoms with Crippen molar-refractivity contribution in [1.29, 1.82) is 0 Å². The second-order valence-corrected chi connectivity index (χ2v) is 22.4. The van der Waals surface area contributed by atoms with E-state index in [9.17, 15) is 31.6 Å². The van der Waals surface area contributed by atoms with Gasteiger partial charge in [-0.3, -0.25) is 14.4 Å². The van der Waals surface area contributed by atoms with E-state index in [0.717, 1.165) is 6.26 Å². The Balaban J connectivity index is 1.90. The molecular weight excluding hydrogens is 743 g/mol. The number of hydrogen-bond donors (Lipinski definition) is 1. The van der Waals surface area contributed by atoms with Gasteiger partial charge in [-0.05, 0) is 97.2 Å². The van der Waals surface area contributed by atoms with Crippen LogP contribution in [-0.4, -0.2) is 58.4 Å². The molecule has 0 saturated carbocycles. The van der Waals surface area contributed by atoms with E-state index in [1.807, 2.05) is 26.9 Å². The van der Waals surface area contributed by atoms with Gasteiger partial charge in [0.1, 0.15) is 17.3 Å². The molecule has 1 N–H and O–H groups in total. The number of carbonyl (C=O) groups is 3. The van der Waals surface area contributed by atoms with Crippen LogP contribution < -0.4 is 5.32 Å². The lowest BCUT2D eigenvalue weighted by Crippen LogP contribution is -2.44. The van der Waals surface area contributed by atoms with Crippen LogP contribution in [0.25, 0.3) is 28.3 Å². The predicted octanol–water partition coefficient (Wildman–Crippen LogP) is 9.40. The Labute approximate surface area is 323 Å². The minimum absolute atomic E-state index is 0.111. The molecule has 0 aliphatic rings. The maximum atomic E-state index is 14.5. The molecule has 0 fully saturated rings. The van der Waals surface area contributed by atoms with Crippen LogP contribution in [0.4, 0.5) is 14.5 Å². The first-order valence-electron chi connectivity index (χ1n) is 17.9. The highest BCUT2D eigenvalue weighted by molar-refractivity contribution is 7.89. The number of carbonyl (C=O) groups excluding carboxylic acids is 3. The normalized spacial score (nSPS) is 12.9. The Morgan fingerprint density at radius 1 is 0.855 bits per heavy atom. The van der Waals surface area contributed by atoms with Gasteiger partial charge in [0.05, 0.1) is 31.1 Å². The molecule has 4 rings (SSSR count). The maximum absolute atomic E-state index is 14.5. The van der Waals surface area contributed by atoms with Crippen LogP contribution in [0.1, 0.15) is 75.2 Å². The number of ketones is 1. The quantitative estimate of drug-likeness (QED) is 0.0724. The number of benzene rings is 3. The van der Waals surface area contributed by atoms with Gasteiger partial charge in [-0.1, -0.05) is 57.2 Å². The van der Waals surface area contributed by atoms with E-state index in [1.54, 1.807) is 59.2 Å². The summed E-state index contributed by atoms with van der Waals surface area (Å²) in [6, 6.07) is 17.5. The van der Waals surface area contributed by atoms with Gasteiger partial charge in [0.15, 0.2) is 23.9 Å². The molecule has 13 heteroatoms. The molecule has 3 aromatic carbocycles. The number of methoxy groups -OCH3 is 1. The number of aromatic nitrogens is 1. The second-order valence-electron chi connectivity index (χ2n) is 15.5. The fraction of sp³-hybridized carbons (Fsp3) is 0.357. The summed E-state index contributed by atoms with van der Waals surface area (Å²) in [5.74, 6) is -2.48. The number of halogens is 2. The standard InChI is InChI=1S/C42H50F2N2O7SSi/c1-27(2)46-36(23-22-34(47)24-35(25-37(48)52-6)53-55(8,9)42(3,4)5)38(29-12-16-31(43)17-13-29)39(30-14-18-32(44)19-15-30)40(46)41(49)45-33-20-10-28(11-21-33)26-54(7,50)51/h10-23,27,35H,24-26H2,1-9H3,(H,45,49)/t35-/m1/s1. The second kappa shape index (κ2) is 17.4. The summed E-state index contributed by atoms with van der Waals surface area (Å²) < 4.78 is 65.5. The number of allylic oxidation sites excluding steroid dienone is 1. The van der Waals surface area contributed by atoms with Crippen LogP contribution in [0.5, 0.6) is 0 Å². The maximum Gasteiger partial charge on any atom is 0.308 e. The van der Waals surface area contributed by atoms with Gasteiger partial charge in [-0.2, -0.15) is 0 Å². The Morgan fingerprint density at radius 3 is 1.85 bits per heavy atom. The molecule has 294 valence electrons. The number of sulfone groups is 1. The van der Waals surface area contributed by atoms with E-state index < -0.39 is 47.8 Å². The molecule has 0 bridgehead atoms. The highest BCUT2D eigenvalue weighted by Gasteiger charge is 2.40. The summed E-state index contributed by atoms with van der Waals surface area (Å²) >= 11 is 0. The number of amides is 1.